The molecule has 2 aromatic carbocycles. The Morgan fingerprint density at radius 1 is 1.05 bits per heavy atom. The molecule has 3 aliphatic rings. The number of unbranched alkanes of at least 4 members (excludes halogenated alkanes) is 2. The van der Waals surface area contributed by atoms with E-state index in [2.05, 4.69) is 19.1 Å². The number of phenols is 1. The first kappa shape index (κ1) is 28.6. The molecule has 1 amide bonds. The fourth-order valence-corrected chi connectivity index (χ4v) is 7.19. The Labute approximate surface area is 239 Å². The van der Waals surface area contributed by atoms with Gasteiger partial charge in [-0.1, -0.05) is 63.9 Å². The number of hydrogen-bond donors (Lipinski definition) is 5. The third-order valence-corrected chi connectivity index (χ3v) is 9.19. The lowest BCUT2D eigenvalue weighted by molar-refractivity contribution is -0.155. The van der Waals surface area contributed by atoms with Crippen LogP contribution in [0.4, 0.5) is 0 Å². The molecule has 5 rings (SSSR count). The van der Waals surface area contributed by atoms with Gasteiger partial charge in [0.05, 0.1) is 5.56 Å². The minimum atomic E-state index is -2.61. The van der Waals surface area contributed by atoms with Gasteiger partial charge in [0.25, 0.3) is 5.91 Å². The number of carbonyl (C=O) groups excluding carboxylic acids is 3. The van der Waals surface area contributed by atoms with E-state index in [9.17, 15) is 34.8 Å². The number of amides is 1. The number of hydrogen-bond acceptors (Lipinski definition) is 7. The number of aliphatic hydroxyl groups excluding tert-OH is 2. The molecule has 3 aliphatic carbocycles. The normalized spacial score (nSPS) is 25.7. The number of benzene rings is 2. The summed E-state index contributed by atoms with van der Waals surface area (Å²) in [6.07, 6.45) is 4.77. The highest BCUT2D eigenvalue weighted by Crippen LogP contribution is 2.55. The van der Waals surface area contributed by atoms with E-state index in [1.807, 2.05) is 12.1 Å². The first-order valence-corrected chi connectivity index (χ1v) is 14.4. The van der Waals surface area contributed by atoms with E-state index in [-0.39, 0.29) is 35.6 Å². The van der Waals surface area contributed by atoms with Gasteiger partial charge in [0, 0.05) is 17.4 Å². The van der Waals surface area contributed by atoms with Crippen molar-refractivity contribution in [1.29, 1.82) is 0 Å². The van der Waals surface area contributed by atoms with Crippen molar-refractivity contribution in [3.63, 3.8) is 0 Å². The van der Waals surface area contributed by atoms with Crippen molar-refractivity contribution in [2.75, 3.05) is 0 Å². The van der Waals surface area contributed by atoms with Crippen LogP contribution in [0.25, 0.3) is 16.9 Å². The lowest BCUT2D eigenvalue weighted by Gasteiger charge is -2.50. The van der Waals surface area contributed by atoms with E-state index in [1.54, 1.807) is 19.9 Å². The minimum Gasteiger partial charge on any atom is -0.508 e. The standard InChI is InChI=1S/C33H37NO7/c1-4-5-6-7-17-8-10-18(11-9-17)20-12-13-23(35)26-21(20)14-19-15-22-24(16(2)3)28(36)27(32(34)40)31(39)33(22,41)30(38)25(19)29(26)37/h8-13,16,19,22,24,35,37,39,41H,4-7,14-15H2,1-3H3,(H2,34,40)/t19-,22-,24?,33-/m1/s1. The van der Waals surface area contributed by atoms with Gasteiger partial charge in [0.15, 0.2) is 11.4 Å². The van der Waals surface area contributed by atoms with Gasteiger partial charge < -0.3 is 26.2 Å². The topological polar surface area (TPSA) is 158 Å². The summed E-state index contributed by atoms with van der Waals surface area (Å²) < 4.78 is 0. The Morgan fingerprint density at radius 3 is 2.34 bits per heavy atom. The number of fused-ring (bicyclic) bond motifs is 3. The predicted octanol–water partition coefficient (Wildman–Crippen LogP) is 4.71. The highest BCUT2D eigenvalue weighted by molar-refractivity contribution is 6.23. The molecule has 216 valence electrons. The first-order chi connectivity index (χ1) is 19.4. The van der Waals surface area contributed by atoms with Crippen LogP contribution in [0.5, 0.6) is 5.75 Å². The Morgan fingerprint density at radius 2 is 1.73 bits per heavy atom. The van der Waals surface area contributed by atoms with Crippen LogP contribution >= 0.6 is 0 Å². The third-order valence-electron chi connectivity index (χ3n) is 9.19. The van der Waals surface area contributed by atoms with Crippen LogP contribution in [0.3, 0.4) is 0 Å². The van der Waals surface area contributed by atoms with Gasteiger partial charge in [-0.2, -0.15) is 0 Å². The minimum absolute atomic E-state index is 0.0945. The summed E-state index contributed by atoms with van der Waals surface area (Å²) in [4.78, 5) is 39.4. The molecule has 0 bridgehead atoms. The second kappa shape index (κ2) is 10.5. The van der Waals surface area contributed by atoms with Gasteiger partial charge in [-0.05, 0) is 65.8 Å². The highest BCUT2D eigenvalue weighted by Gasteiger charge is 2.64. The molecule has 2 aromatic rings. The zero-order valence-electron chi connectivity index (χ0n) is 23.6. The molecule has 6 N–H and O–H groups in total. The van der Waals surface area contributed by atoms with E-state index >= 15 is 0 Å². The van der Waals surface area contributed by atoms with Gasteiger partial charge in [-0.15, -0.1) is 0 Å². The first-order valence-electron chi connectivity index (χ1n) is 14.4. The fraction of sp³-hybridized carbons (Fsp3) is 0.424. The van der Waals surface area contributed by atoms with E-state index in [1.165, 1.54) is 11.6 Å². The van der Waals surface area contributed by atoms with Gasteiger partial charge in [-0.25, -0.2) is 0 Å². The number of phenolic OH excluding ortho intramolecular Hbond substituents is 1. The molecule has 8 nitrogen and oxygen atoms in total. The highest BCUT2D eigenvalue weighted by atomic mass is 16.3. The van der Waals surface area contributed by atoms with Crippen molar-refractivity contribution in [1.82, 2.24) is 0 Å². The van der Waals surface area contributed by atoms with Crippen LogP contribution in [0.15, 0.2) is 53.3 Å². The maximum Gasteiger partial charge on any atom is 0.255 e. The molecule has 0 aliphatic heterocycles. The van der Waals surface area contributed by atoms with Crippen molar-refractivity contribution in [3.8, 4) is 16.9 Å². The van der Waals surface area contributed by atoms with Crippen LogP contribution < -0.4 is 5.73 Å². The number of aryl methyl sites for hydroxylation is 1. The lowest BCUT2D eigenvalue weighted by Crippen LogP contribution is -2.62. The van der Waals surface area contributed by atoms with Gasteiger partial charge >= 0.3 is 0 Å². The van der Waals surface area contributed by atoms with Crippen LogP contribution in [0.1, 0.15) is 63.1 Å². The SMILES string of the molecule is CCCCCc1ccc(-c2ccc(O)c3c2C[C@@H]2C[C@@H]4C(C(C)C)C(=O)C(C(N)=O)=C(O)[C@]4(O)C(=O)C2=C3O)cc1. The Balaban J connectivity index is 1.63. The number of carbonyl (C=O) groups is 3. The number of ketones is 2. The summed E-state index contributed by atoms with van der Waals surface area (Å²) in [6.45, 7) is 5.66. The van der Waals surface area contributed by atoms with Crippen LogP contribution in [-0.2, 0) is 27.2 Å². The molecule has 4 atom stereocenters. The maximum absolute atomic E-state index is 14.0. The summed E-state index contributed by atoms with van der Waals surface area (Å²) in [5.41, 5.74) is 5.55. The van der Waals surface area contributed by atoms with Gasteiger partial charge in [-0.3, -0.25) is 14.4 Å². The Hall–Kier alpha value is -3.91. The largest absolute Gasteiger partial charge is 0.508 e. The molecule has 1 saturated carbocycles. The molecule has 0 aromatic heterocycles. The smallest absolute Gasteiger partial charge is 0.255 e. The fourth-order valence-electron chi connectivity index (χ4n) is 7.19. The molecule has 41 heavy (non-hydrogen) atoms. The summed E-state index contributed by atoms with van der Waals surface area (Å²) in [5, 5.41) is 45.0. The van der Waals surface area contributed by atoms with Crippen molar-refractivity contribution in [3.05, 3.63) is 70.0 Å². The van der Waals surface area contributed by atoms with E-state index in [0.29, 0.717) is 5.56 Å². The quantitative estimate of drug-likeness (QED) is 0.243. The molecular weight excluding hydrogens is 522 g/mol. The van der Waals surface area contributed by atoms with Crippen LogP contribution in [-0.4, -0.2) is 43.5 Å². The van der Waals surface area contributed by atoms with Gasteiger partial charge in [0.1, 0.15) is 22.8 Å². The molecule has 0 saturated heterocycles. The van der Waals surface area contributed by atoms with Crippen molar-refractivity contribution in [2.24, 2.45) is 29.4 Å². The molecule has 8 heteroatoms. The van der Waals surface area contributed by atoms with Crippen LogP contribution in [0.2, 0.25) is 0 Å². The monoisotopic (exact) mass is 559 g/mol. The zero-order chi connectivity index (χ0) is 29.8. The molecule has 0 heterocycles. The van der Waals surface area contributed by atoms with Crippen molar-refractivity contribution in [2.45, 2.75) is 64.9 Å². The summed E-state index contributed by atoms with van der Waals surface area (Å²) in [5.74, 6) is -7.62. The number of Topliss-reactive ketones (excluding diaryl/α,β-unsaturated/α-hetero) is 2. The number of rotatable bonds is 7. The average Bonchev–Trinajstić information content (AvgIpc) is 2.91. The second-order valence-corrected chi connectivity index (χ2v) is 12.0. The van der Waals surface area contributed by atoms with Gasteiger partial charge in [0.2, 0.25) is 5.78 Å². The van der Waals surface area contributed by atoms with E-state index in [4.69, 9.17) is 5.73 Å². The predicted molar refractivity (Wildman–Crippen MR) is 154 cm³/mol. The number of aliphatic hydroxyl groups is 3. The summed E-state index contributed by atoms with van der Waals surface area (Å²) >= 11 is 0. The molecule has 0 radical (unpaired) electrons. The third kappa shape index (κ3) is 4.36. The van der Waals surface area contributed by atoms with Crippen molar-refractivity contribution >= 4 is 23.2 Å². The number of aromatic hydroxyl groups is 1. The Kier molecular flexibility index (Phi) is 7.32. The lowest BCUT2D eigenvalue weighted by atomic mass is 9.54. The average molecular weight is 560 g/mol. The molecular formula is C33H37NO7. The Bertz CT molecular complexity index is 1500. The van der Waals surface area contributed by atoms with Crippen LogP contribution in [0, 0.1) is 23.7 Å². The number of nitrogens with two attached hydrogens (primary N) is 1. The van der Waals surface area contributed by atoms with Crippen molar-refractivity contribution < 1.29 is 34.8 Å². The summed E-state index contributed by atoms with van der Waals surface area (Å²) in [7, 11) is 0. The zero-order valence-corrected chi connectivity index (χ0v) is 23.6. The van der Waals surface area contributed by atoms with E-state index in [0.717, 1.165) is 36.8 Å². The molecule has 1 fully saturated rings. The number of primary amides is 1. The maximum atomic E-state index is 14.0. The van der Waals surface area contributed by atoms with E-state index < -0.39 is 57.9 Å². The molecule has 1 unspecified atom stereocenters. The summed E-state index contributed by atoms with van der Waals surface area (Å²) in [6, 6.07) is 11.4. The second-order valence-electron chi connectivity index (χ2n) is 12.0. The molecule has 0 spiro atoms.